The molecule has 1 saturated heterocycles. The van der Waals surface area contributed by atoms with Gasteiger partial charge in [-0.15, -0.1) is 24.0 Å². The normalized spacial score (nSPS) is 15.0. The molecule has 11 heteroatoms. The number of nitrogens with one attached hydrogen (secondary N) is 2. The molecule has 1 aliphatic rings. The monoisotopic (exact) mass is 529 g/mol. The maximum atomic E-state index is 12.9. The fourth-order valence-electron chi connectivity index (χ4n) is 2.90. The van der Waals surface area contributed by atoms with Crippen molar-refractivity contribution < 1.29 is 22.7 Å². The second-order valence-electron chi connectivity index (χ2n) is 6.27. The number of piperazine rings is 1. The van der Waals surface area contributed by atoms with Crippen LogP contribution in [0.2, 0.25) is 0 Å². The quantitative estimate of drug-likeness (QED) is 0.255. The number of ether oxygens (including phenoxy) is 1. The third kappa shape index (κ3) is 7.88. The number of alkyl halides is 3. The smallest absolute Gasteiger partial charge is 0.383 e. The summed E-state index contributed by atoms with van der Waals surface area (Å²) in [6.45, 7) is 3.25. The highest BCUT2D eigenvalue weighted by Crippen LogP contribution is 2.31. The van der Waals surface area contributed by atoms with E-state index in [0.717, 1.165) is 6.07 Å². The molecule has 2 N–H and O–H groups in total. The third-order valence-corrected chi connectivity index (χ3v) is 4.37. The Bertz CT molecular complexity index is 680. The van der Waals surface area contributed by atoms with Crippen molar-refractivity contribution >= 4 is 41.5 Å². The van der Waals surface area contributed by atoms with Crippen LogP contribution in [0.1, 0.15) is 5.56 Å². The van der Waals surface area contributed by atoms with Gasteiger partial charge in [-0.1, -0.05) is 6.07 Å². The first kappa shape index (κ1) is 25.3. The Kier molecular flexibility index (Phi) is 10.5. The highest BCUT2D eigenvalue weighted by atomic mass is 127. The molecular formula is C18H27F3IN5O2. The van der Waals surface area contributed by atoms with E-state index in [1.807, 2.05) is 9.80 Å². The van der Waals surface area contributed by atoms with Crippen molar-refractivity contribution in [3.63, 3.8) is 0 Å². The molecule has 0 unspecified atom stereocenters. The Hall–Kier alpha value is -1.76. The lowest BCUT2D eigenvalue weighted by Gasteiger charge is -2.37. The van der Waals surface area contributed by atoms with Crippen molar-refractivity contribution in [3.8, 4) is 0 Å². The summed E-state index contributed by atoms with van der Waals surface area (Å²) in [4.78, 5) is 19.8. The summed E-state index contributed by atoms with van der Waals surface area (Å²) in [6, 6.07) is 5.35. The van der Waals surface area contributed by atoms with Crippen LogP contribution in [0.25, 0.3) is 0 Å². The Labute approximate surface area is 185 Å². The summed E-state index contributed by atoms with van der Waals surface area (Å²) in [7, 11) is 3.19. The average molecular weight is 529 g/mol. The molecule has 0 aliphatic carbocycles. The van der Waals surface area contributed by atoms with Crippen LogP contribution in [0.15, 0.2) is 29.3 Å². The fraction of sp³-hybridized carbons (Fsp3) is 0.556. The molecule has 1 fully saturated rings. The van der Waals surface area contributed by atoms with E-state index in [-0.39, 0.29) is 36.4 Å². The first-order valence-corrected chi connectivity index (χ1v) is 8.98. The topological polar surface area (TPSA) is 69.2 Å². The van der Waals surface area contributed by atoms with Crippen LogP contribution in [0, 0.1) is 0 Å². The summed E-state index contributed by atoms with van der Waals surface area (Å²) in [5.74, 6) is 0.423. The molecule has 0 saturated carbocycles. The molecule has 1 aromatic rings. The molecule has 29 heavy (non-hydrogen) atoms. The molecule has 0 atom stereocenters. The summed E-state index contributed by atoms with van der Waals surface area (Å²) in [5, 5.41) is 5.72. The van der Waals surface area contributed by atoms with Gasteiger partial charge in [0.1, 0.15) is 0 Å². The Morgan fingerprint density at radius 1 is 1.21 bits per heavy atom. The lowest BCUT2D eigenvalue weighted by molar-refractivity contribution is -0.137. The molecule has 1 aliphatic heterocycles. The van der Waals surface area contributed by atoms with Gasteiger partial charge in [0.15, 0.2) is 5.96 Å². The minimum Gasteiger partial charge on any atom is -0.383 e. The van der Waals surface area contributed by atoms with Gasteiger partial charge in [-0.3, -0.25) is 9.79 Å². The number of anilines is 1. The minimum absolute atomic E-state index is 0. The number of hydrogen-bond acceptors (Lipinski definition) is 4. The van der Waals surface area contributed by atoms with E-state index < -0.39 is 11.7 Å². The molecule has 0 radical (unpaired) electrons. The van der Waals surface area contributed by atoms with Crippen LogP contribution in [-0.2, 0) is 15.7 Å². The Morgan fingerprint density at radius 2 is 1.90 bits per heavy atom. The zero-order valence-electron chi connectivity index (χ0n) is 16.5. The Morgan fingerprint density at radius 3 is 2.48 bits per heavy atom. The molecule has 1 aromatic carbocycles. The number of rotatable bonds is 6. The lowest BCUT2D eigenvalue weighted by atomic mass is 10.1. The lowest BCUT2D eigenvalue weighted by Crippen LogP contribution is -2.53. The van der Waals surface area contributed by atoms with E-state index in [9.17, 15) is 18.0 Å². The van der Waals surface area contributed by atoms with Crippen molar-refractivity contribution in [2.45, 2.75) is 6.18 Å². The number of carbonyl (C=O) groups excluding carboxylic acids is 1. The number of carbonyl (C=O) groups is 1. The summed E-state index contributed by atoms with van der Waals surface area (Å²) in [5.41, 5.74) is -0.0978. The maximum absolute atomic E-state index is 12.9. The van der Waals surface area contributed by atoms with E-state index in [4.69, 9.17) is 4.74 Å². The van der Waals surface area contributed by atoms with E-state index in [1.54, 1.807) is 20.2 Å². The molecule has 2 rings (SSSR count). The van der Waals surface area contributed by atoms with Gasteiger partial charge in [-0.05, 0) is 18.2 Å². The SMILES string of the molecule is CN=C(NCC(=O)NCCOC)N1CCN(c2cccc(C(F)(F)F)c2)CC1.I. The first-order valence-electron chi connectivity index (χ1n) is 8.98. The van der Waals surface area contributed by atoms with Crippen molar-refractivity contribution in [2.24, 2.45) is 4.99 Å². The first-order chi connectivity index (χ1) is 13.3. The molecule has 0 spiro atoms. The molecule has 1 heterocycles. The van der Waals surface area contributed by atoms with E-state index >= 15 is 0 Å². The predicted molar refractivity (Wildman–Crippen MR) is 117 cm³/mol. The molecule has 164 valence electrons. The predicted octanol–water partition coefficient (Wildman–Crippen LogP) is 1.78. The number of halogens is 4. The van der Waals surface area contributed by atoms with E-state index in [2.05, 4.69) is 15.6 Å². The van der Waals surface area contributed by atoms with Crippen LogP contribution in [0.5, 0.6) is 0 Å². The molecule has 7 nitrogen and oxygen atoms in total. The van der Waals surface area contributed by atoms with Gasteiger partial charge in [0.25, 0.3) is 0 Å². The second kappa shape index (κ2) is 12.1. The largest absolute Gasteiger partial charge is 0.416 e. The van der Waals surface area contributed by atoms with Gasteiger partial charge in [-0.2, -0.15) is 13.2 Å². The van der Waals surface area contributed by atoms with Crippen LogP contribution < -0.4 is 15.5 Å². The summed E-state index contributed by atoms with van der Waals surface area (Å²) in [6.07, 6.45) is -4.35. The average Bonchev–Trinajstić information content (AvgIpc) is 2.68. The number of hydrogen-bond donors (Lipinski definition) is 2. The fourth-order valence-corrected chi connectivity index (χ4v) is 2.90. The van der Waals surface area contributed by atoms with Gasteiger partial charge in [0.05, 0.1) is 18.7 Å². The van der Waals surface area contributed by atoms with Gasteiger partial charge in [0.2, 0.25) is 5.91 Å². The number of methoxy groups -OCH3 is 1. The summed E-state index contributed by atoms with van der Waals surface area (Å²) < 4.78 is 43.6. The van der Waals surface area contributed by atoms with E-state index in [1.165, 1.54) is 12.1 Å². The highest BCUT2D eigenvalue weighted by molar-refractivity contribution is 14.0. The van der Waals surface area contributed by atoms with Crippen molar-refractivity contribution in [1.82, 2.24) is 15.5 Å². The molecule has 0 aromatic heterocycles. The molecule has 0 bridgehead atoms. The van der Waals surface area contributed by atoms with Crippen LogP contribution in [-0.4, -0.2) is 76.8 Å². The number of amides is 1. The molecular weight excluding hydrogens is 502 g/mol. The van der Waals surface area contributed by atoms with Crippen molar-refractivity contribution in [1.29, 1.82) is 0 Å². The van der Waals surface area contributed by atoms with Crippen LogP contribution in [0.4, 0.5) is 18.9 Å². The standard InChI is InChI=1S/C18H26F3N5O2.HI/c1-22-17(24-13-16(27)23-6-11-28-2)26-9-7-25(8-10-26)15-5-3-4-14(12-15)18(19,20)21;/h3-5,12H,6-11,13H2,1-2H3,(H,22,24)(H,23,27);1H. The number of benzene rings is 1. The van der Waals surface area contributed by atoms with Crippen LogP contribution >= 0.6 is 24.0 Å². The summed E-state index contributed by atoms with van der Waals surface area (Å²) >= 11 is 0. The Balaban J connectivity index is 0.00000420. The van der Waals surface area contributed by atoms with Crippen molar-refractivity contribution in [3.05, 3.63) is 29.8 Å². The van der Waals surface area contributed by atoms with Gasteiger partial charge in [0, 0.05) is 52.6 Å². The minimum atomic E-state index is -4.35. The van der Waals surface area contributed by atoms with Gasteiger partial charge >= 0.3 is 6.18 Å². The molecule has 1 amide bonds. The van der Waals surface area contributed by atoms with Gasteiger partial charge in [-0.25, -0.2) is 0 Å². The highest BCUT2D eigenvalue weighted by Gasteiger charge is 2.31. The number of guanidine groups is 1. The van der Waals surface area contributed by atoms with Crippen LogP contribution in [0.3, 0.4) is 0 Å². The van der Waals surface area contributed by atoms with Crippen molar-refractivity contribution in [2.75, 3.05) is 64.9 Å². The van der Waals surface area contributed by atoms with Gasteiger partial charge < -0.3 is 25.2 Å². The maximum Gasteiger partial charge on any atom is 0.416 e. The number of nitrogens with zero attached hydrogens (tertiary/aromatic N) is 3. The second-order valence-corrected chi connectivity index (χ2v) is 6.27. The van der Waals surface area contributed by atoms with E-state index in [0.29, 0.717) is 51.0 Å². The number of aliphatic imine (C=N–C) groups is 1. The zero-order valence-corrected chi connectivity index (χ0v) is 18.8. The third-order valence-electron chi connectivity index (χ3n) is 4.37. The zero-order chi connectivity index (χ0) is 20.6.